The van der Waals surface area contributed by atoms with Crippen molar-refractivity contribution in [3.63, 3.8) is 0 Å². The normalized spacial score (nSPS) is 15.1. The van der Waals surface area contributed by atoms with Crippen LogP contribution < -0.4 is 10.3 Å². The van der Waals surface area contributed by atoms with E-state index in [-0.39, 0.29) is 23.5 Å². The molecule has 0 radical (unpaired) electrons. The number of alkyl halides is 7. The summed E-state index contributed by atoms with van der Waals surface area (Å²) in [4.78, 5) is 17.8. The number of benzene rings is 1. The molecule has 1 aromatic heterocycles. The number of pyridine rings is 1. The first-order chi connectivity index (χ1) is 14.8. The van der Waals surface area contributed by atoms with Gasteiger partial charge in [-0.25, -0.2) is 14.6 Å². The third-order valence-electron chi connectivity index (χ3n) is 4.83. The first kappa shape index (κ1) is 23.5. The summed E-state index contributed by atoms with van der Waals surface area (Å²) in [7, 11) is 0. The van der Waals surface area contributed by atoms with Crippen LogP contribution in [0.25, 0.3) is 0 Å². The van der Waals surface area contributed by atoms with Crippen LogP contribution in [0.1, 0.15) is 23.6 Å². The molecule has 0 unspecified atom stereocenters. The predicted octanol–water partition coefficient (Wildman–Crippen LogP) is 5.35. The fraction of sp³-hybridized carbons (Fsp3) is 0.300. The monoisotopic (exact) mass is 462 g/mol. The standard InChI is InChI=1S/C20H17F7N4O/c1-12(2)31-16-6-5-15(18(21,19(22,23)24)20(25,26)27)8-14(16)11-30(17(31)32)29-10-13-4-3-7-28-9-13/h3-9,29H,1,10-11H2,2H3. The second kappa shape index (κ2) is 8.08. The molecule has 0 saturated carbocycles. The molecule has 2 heterocycles. The van der Waals surface area contributed by atoms with Gasteiger partial charge in [-0.05, 0) is 36.2 Å². The lowest BCUT2D eigenvalue weighted by atomic mass is 9.91. The van der Waals surface area contributed by atoms with E-state index in [9.17, 15) is 35.5 Å². The molecule has 32 heavy (non-hydrogen) atoms. The minimum absolute atomic E-state index is 0.0115. The molecule has 2 aromatic rings. The van der Waals surface area contributed by atoms with E-state index in [0.29, 0.717) is 17.7 Å². The van der Waals surface area contributed by atoms with Gasteiger partial charge in [0.1, 0.15) is 0 Å². The van der Waals surface area contributed by atoms with E-state index in [1.54, 1.807) is 12.1 Å². The number of carbonyl (C=O) groups is 1. The minimum Gasteiger partial charge on any atom is -0.266 e. The van der Waals surface area contributed by atoms with Gasteiger partial charge < -0.3 is 0 Å². The van der Waals surface area contributed by atoms with Crippen molar-refractivity contribution in [2.75, 3.05) is 4.90 Å². The van der Waals surface area contributed by atoms with E-state index in [1.165, 1.54) is 19.3 Å². The predicted molar refractivity (Wildman–Crippen MR) is 101 cm³/mol. The quantitative estimate of drug-likeness (QED) is 0.610. The van der Waals surface area contributed by atoms with Crippen molar-refractivity contribution in [2.45, 2.75) is 38.0 Å². The number of hydrazine groups is 1. The van der Waals surface area contributed by atoms with Gasteiger partial charge in [-0.2, -0.15) is 26.3 Å². The summed E-state index contributed by atoms with van der Waals surface area (Å²) in [6, 6.07) is 4.38. The fourth-order valence-corrected chi connectivity index (χ4v) is 3.28. The number of amides is 2. The lowest BCUT2D eigenvalue weighted by Gasteiger charge is -2.38. The summed E-state index contributed by atoms with van der Waals surface area (Å²) in [5.74, 6) is 0. The number of hydrogen-bond acceptors (Lipinski definition) is 3. The van der Waals surface area contributed by atoms with Crippen LogP contribution in [0, 0.1) is 0 Å². The van der Waals surface area contributed by atoms with Crippen molar-refractivity contribution in [2.24, 2.45) is 0 Å². The number of urea groups is 1. The summed E-state index contributed by atoms with van der Waals surface area (Å²) < 4.78 is 93.5. The van der Waals surface area contributed by atoms with Gasteiger partial charge in [-0.15, -0.1) is 0 Å². The smallest absolute Gasteiger partial charge is 0.266 e. The molecular formula is C20H17F7N4O. The van der Waals surface area contributed by atoms with Gasteiger partial charge in [0.2, 0.25) is 0 Å². The Balaban J connectivity index is 2.02. The molecule has 0 bridgehead atoms. The van der Waals surface area contributed by atoms with Gasteiger partial charge in [-0.1, -0.05) is 18.7 Å². The SMILES string of the molecule is C=C(C)N1C(=O)N(NCc2cccnc2)Cc2cc(C(F)(C(F)(F)F)C(F)(F)F)ccc21. The van der Waals surface area contributed by atoms with E-state index in [1.807, 2.05) is 0 Å². The molecule has 1 aromatic carbocycles. The highest BCUT2D eigenvalue weighted by atomic mass is 19.4. The van der Waals surface area contributed by atoms with E-state index < -0.39 is 36.2 Å². The van der Waals surface area contributed by atoms with Crippen molar-refractivity contribution in [3.8, 4) is 0 Å². The van der Waals surface area contributed by atoms with Gasteiger partial charge in [0.05, 0.1) is 12.2 Å². The molecule has 3 rings (SSSR count). The molecule has 0 fully saturated rings. The topological polar surface area (TPSA) is 48.5 Å². The van der Waals surface area contributed by atoms with Crippen molar-refractivity contribution < 1.29 is 35.5 Å². The van der Waals surface area contributed by atoms with Gasteiger partial charge in [0, 0.05) is 30.2 Å². The maximum Gasteiger partial charge on any atom is 0.435 e. The molecule has 2 amide bonds. The number of fused-ring (bicyclic) bond motifs is 1. The molecule has 1 N–H and O–H groups in total. The maximum absolute atomic E-state index is 14.5. The molecule has 1 aliphatic rings. The first-order valence-corrected chi connectivity index (χ1v) is 9.12. The van der Waals surface area contributed by atoms with E-state index in [0.717, 1.165) is 16.0 Å². The van der Waals surface area contributed by atoms with Crippen LogP contribution >= 0.6 is 0 Å². The number of aromatic nitrogens is 1. The second-order valence-electron chi connectivity index (χ2n) is 7.13. The number of carbonyl (C=O) groups excluding carboxylic acids is 1. The molecule has 5 nitrogen and oxygen atoms in total. The number of halogens is 7. The average molecular weight is 462 g/mol. The molecule has 0 aliphatic carbocycles. The van der Waals surface area contributed by atoms with Gasteiger partial charge in [0.25, 0.3) is 0 Å². The van der Waals surface area contributed by atoms with Crippen LogP contribution in [-0.4, -0.2) is 28.4 Å². The number of rotatable bonds is 5. The molecular weight excluding hydrogens is 445 g/mol. The van der Waals surface area contributed by atoms with Crippen LogP contribution in [0.15, 0.2) is 55.0 Å². The third-order valence-corrected chi connectivity index (χ3v) is 4.83. The zero-order valence-corrected chi connectivity index (χ0v) is 16.6. The highest BCUT2D eigenvalue weighted by molar-refractivity contribution is 5.97. The average Bonchev–Trinajstić information content (AvgIpc) is 2.70. The number of allylic oxidation sites excluding steroid dienone is 1. The lowest BCUT2D eigenvalue weighted by Crippen LogP contribution is -2.53. The van der Waals surface area contributed by atoms with Gasteiger partial charge in [0.15, 0.2) is 0 Å². The van der Waals surface area contributed by atoms with Crippen molar-refractivity contribution in [1.29, 1.82) is 0 Å². The van der Waals surface area contributed by atoms with Crippen molar-refractivity contribution in [1.82, 2.24) is 15.4 Å². The van der Waals surface area contributed by atoms with Crippen LogP contribution in [0.4, 0.5) is 41.2 Å². The fourth-order valence-electron chi connectivity index (χ4n) is 3.28. The summed E-state index contributed by atoms with van der Waals surface area (Å²) in [5.41, 5.74) is -3.73. The molecule has 0 saturated heterocycles. The second-order valence-corrected chi connectivity index (χ2v) is 7.13. The zero-order chi connectivity index (χ0) is 23.9. The van der Waals surface area contributed by atoms with E-state index >= 15 is 0 Å². The third kappa shape index (κ3) is 4.01. The maximum atomic E-state index is 14.5. The first-order valence-electron chi connectivity index (χ1n) is 9.12. The van der Waals surface area contributed by atoms with Crippen LogP contribution in [0.2, 0.25) is 0 Å². The molecule has 0 atom stereocenters. The Morgan fingerprint density at radius 3 is 2.31 bits per heavy atom. The van der Waals surface area contributed by atoms with Crippen LogP contribution in [-0.2, 0) is 18.8 Å². The Morgan fingerprint density at radius 2 is 1.78 bits per heavy atom. The van der Waals surface area contributed by atoms with E-state index in [2.05, 4.69) is 17.0 Å². The molecule has 1 aliphatic heterocycles. The highest BCUT2D eigenvalue weighted by Gasteiger charge is 2.73. The summed E-state index contributed by atoms with van der Waals surface area (Å²) in [6.07, 6.45) is -9.44. The van der Waals surface area contributed by atoms with Crippen LogP contribution in [0.5, 0.6) is 0 Å². The number of nitrogens with zero attached hydrogens (tertiary/aromatic N) is 3. The molecule has 12 heteroatoms. The largest absolute Gasteiger partial charge is 0.435 e. The Bertz CT molecular complexity index is 1010. The number of nitrogens with one attached hydrogen (secondary N) is 1. The van der Waals surface area contributed by atoms with Crippen LogP contribution in [0.3, 0.4) is 0 Å². The Hall–Kier alpha value is -3.15. The zero-order valence-electron chi connectivity index (χ0n) is 16.6. The minimum atomic E-state index is -6.24. The van der Waals surface area contributed by atoms with Crippen molar-refractivity contribution in [3.05, 3.63) is 71.7 Å². The Kier molecular flexibility index (Phi) is 5.94. The highest BCUT2D eigenvalue weighted by Crippen LogP contribution is 2.53. The number of anilines is 1. The van der Waals surface area contributed by atoms with E-state index in [4.69, 9.17) is 0 Å². The molecule has 0 spiro atoms. The summed E-state index contributed by atoms with van der Waals surface area (Å²) >= 11 is 0. The van der Waals surface area contributed by atoms with Gasteiger partial charge >= 0.3 is 24.1 Å². The summed E-state index contributed by atoms with van der Waals surface area (Å²) in [5, 5.41) is 0.995. The molecule has 172 valence electrons. The summed E-state index contributed by atoms with van der Waals surface area (Å²) in [6.45, 7) is 4.76. The Labute approximate surface area is 178 Å². The number of hydrogen-bond donors (Lipinski definition) is 1. The lowest BCUT2D eigenvalue weighted by molar-refractivity contribution is -0.348. The Morgan fingerprint density at radius 1 is 1.12 bits per heavy atom. The van der Waals surface area contributed by atoms with Gasteiger partial charge in [-0.3, -0.25) is 14.9 Å². The van der Waals surface area contributed by atoms with Crippen molar-refractivity contribution >= 4 is 11.7 Å².